The average molecular weight is 462 g/mol. The van der Waals surface area contributed by atoms with Crippen LogP contribution in [0.15, 0.2) is 36.4 Å². The Labute approximate surface area is 179 Å². The van der Waals surface area contributed by atoms with Gasteiger partial charge in [-0.3, -0.25) is 4.79 Å². The maximum Gasteiger partial charge on any atom is 0.255 e. The summed E-state index contributed by atoms with van der Waals surface area (Å²) >= 11 is 17.9. The van der Waals surface area contributed by atoms with E-state index in [1.165, 1.54) is 12.1 Å². The van der Waals surface area contributed by atoms with Crippen molar-refractivity contribution < 1.29 is 13.2 Å². The Hall–Kier alpha value is -1.31. The fraction of sp³-hybridized carbons (Fsp3) is 0.316. The number of halogens is 3. The molecule has 28 heavy (non-hydrogen) atoms. The Morgan fingerprint density at radius 3 is 2.18 bits per heavy atom. The minimum atomic E-state index is -3.34. The lowest BCUT2D eigenvalue weighted by molar-refractivity contribution is 0.102. The van der Waals surface area contributed by atoms with E-state index in [1.54, 1.807) is 28.6 Å². The quantitative estimate of drug-likeness (QED) is 0.621. The Balaban J connectivity index is 1.68. The van der Waals surface area contributed by atoms with Crippen molar-refractivity contribution in [2.45, 2.75) is 25.0 Å². The number of hydrogen-bond acceptors (Lipinski definition) is 3. The molecule has 150 valence electrons. The van der Waals surface area contributed by atoms with Gasteiger partial charge >= 0.3 is 0 Å². The molecule has 0 spiro atoms. The lowest BCUT2D eigenvalue weighted by atomic mass is 10.1. The lowest BCUT2D eigenvalue weighted by Crippen LogP contribution is -2.36. The topological polar surface area (TPSA) is 66.5 Å². The fourth-order valence-electron chi connectivity index (χ4n) is 3.01. The molecule has 0 aliphatic carbocycles. The van der Waals surface area contributed by atoms with Gasteiger partial charge in [-0.1, -0.05) is 53.4 Å². The number of nitrogens with one attached hydrogen (secondary N) is 1. The summed E-state index contributed by atoms with van der Waals surface area (Å²) in [4.78, 5) is 12.4. The average Bonchev–Trinajstić information content (AvgIpc) is 2.67. The monoisotopic (exact) mass is 460 g/mol. The van der Waals surface area contributed by atoms with Crippen LogP contribution >= 0.6 is 34.8 Å². The second-order valence-electron chi connectivity index (χ2n) is 6.61. The zero-order valence-electron chi connectivity index (χ0n) is 14.9. The van der Waals surface area contributed by atoms with Crippen LogP contribution in [0.1, 0.15) is 35.2 Å². The van der Waals surface area contributed by atoms with Crippen molar-refractivity contribution in [2.24, 2.45) is 0 Å². The molecule has 1 fully saturated rings. The van der Waals surface area contributed by atoms with E-state index in [4.69, 9.17) is 34.8 Å². The highest BCUT2D eigenvalue weighted by Gasteiger charge is 2.24. The minimum Gasteiger partial charge on any atom is -0.321 e. The van der Waals surface area contributed by atoms with Gasteiger partial charge in [-0.05, 0) is 42.7 Å². The molecule has 0 aromatic heterocycles. The van der Waals surface area contributed by atoms with Gasteiger partial charge in [-0.25, -0.2) is 12.7 Å². The van der Waals surface area contributed by atoms with E-state index in [0.717, 1.165) is 19.3 Å². The highest BCUT2D eigenvalue weighted by Crippen LogP contribution is 2.32. The fourth-order valence-corrected chi connectivity index (χ4v) is 5.22. The Bertz CT molecular complexity index is 973. The van der Waals surface area contributed by atoms with Crippen molar-refractivity contribution in [1.82, 2.24) is 4.31 Å². The maximum absolute atomic E-state index is 12.5. The molecule has 9 heteroatoms. The van der Waals surface area contributed by atoms with Crippen LogP contribution in [0.2, 0.25) is 15.1 Å². The number of anilines is 1. The molecule has 3 rings (SSSR count). The normalized spacial score (nSPS) is 15.4. The van der Waals surface area contributed by atoms with Gasteiger partial charge in [-0.15, -0.1) is 0 Å². The third-order valence-electron chi connectivity index (χ3n) is 4.53. The SMILES string of the molecule is O=C(Nc1cc(Cl)c(Cl)cc1Cl)c1ccc(CS(=O)(=O)N2CCCCC2)cc1. The number of piperidine rings is 1. The zero-order valence-corrected chi connectivity index (χ0v) is 18.0. The van der Waals surface area contributed by atoms with Gasteiger partial charge in [0.05, 0.1) is 26.5 Å². The number of sulfonamides is 1. The van der Waals surface area contributed by atoms with E-state index in [1.807, 2.05) is 0 Å². The lowest BCUT2D eigenvalue weighted by Gasteiger charge is -2.25. The molecule has 0 unspecified atom stereocenters. The van der Waals surface area contributed by atoms with E-state index in [0.29, 0.717) is 34.9 Å². The molecule has 0 bridgehead atoms. The summed E-state index contributed by atoms with van der Waals surface area (Å²) in [7, 11) is -3.34. The predicted molar refractivity (Wildman–Crippen MR) is 114 cm³/mol. The molecule has 5 nitrogen and oxygen atoms in total. The van der Waals surface area contributed by atoms with Crippen molar-refractivity contribution in [3.63, 3.8) is 0 Å². The van der Waals surface area contributed by atoms with Crippen LogP contribution in [-0.4, -0.2) is 31.7 Å². The van der Waals surface area contributed by atoms with Gasteiger partial charge in [-0.2, -0.15) is 0 Å². The first-order valence-corrected chi connectivity index (χ1v) is 11.5. The number of nitrogens with zero attached hydrogens (tertiary/aromatic N) is 1. The van der Waals surface area contributed by atoms with E-state index in [9.17, 15) is 13.2 Å². The largest absolute Gasteiger partial charge is 0.321 e. The standard InChI is InChI=1S/C19H19Cl3N2O3S/c20-15-10-17(22)18(11-16(15)21)23-19(25)14-6-4-13(5-7-14)12-28(26,27)24-8-2-1-3-9-24/h4-7,10-11H,1-3,8-9,12H2,(H,23,25). The van der Waals surface area contributed by atoms with E-state index in [2.05, 4.69) is 5.32 Å². The van der Waals surface area contributed by atoms with Crippen molar-refractivity contribution >= 4 is 56.4 Å². The molecule has 0 atom stereocenters. The van der Waals surface area contributed by atoms with Gasteiger partial charge in [0.25, 0.3) is 5.91 Å². The number of carbonyl (C=O) groups excluding carboxylic acids is 1. The first-order valence-electron chi connectivity index (χ1n) is 8.79. The first-order chi connectivity index (χ1) is 13.3. The highest BCUT2D eigenvalue weighted by molar-refractivity contribution is 7.88. The van der Waals surface area contributed by atoms with Gasteiger partial charge in [0.15, 0.2) is 0 Å². The zero-order chi connectivity index (χ0) is 20.3. The van der Waals surface area contributed by atoms with Crippen LogP contribution < -0.4 is 5.32 Å². The molecule has 1 aliphatic heterocycles. The van der Waals surface area contributed by atoms with Gasteiger partial charge in [0.1, 0.15) is 0 Å². The first kappa shape index (κ1) is 21.4. The van der Waals surface area contributed by atoms with Crippen molar-refractivity contribution in [3.05, 3.63) is 62.6 Å². The van der Waals surface area contributed by atoms with Gasteiger partial charge in [0.2, 0.25) is 10.0 Å². The summed E-state index contributed by atoms with van der Waals surface area (Å²) in [6.07, 6.45) is 2.86. The summed E-state index contributed by atoms with van der Waals surface area (Å²) in [6, 6.07) is 9.39. The number of carbonyl (C=O) groups is 1. The van der Waals surface area contributed by atoms with Gasteiger partial charge in [0, 0.05) is 18.7 Å². The molecule has 1 heterocycles. The number of rotatable bonds is 5. The molecule has 1 amide bonds. The summed E-state index contributed by atoms with van der Waals surface area (Å²) in [5.41, 5.74) is 1.36. The molecule has 2 aromatic rings. The maximum atomic E-state index is 12.5. The Morgan fingerprint density at radius 2 is 1.54 bits per heavy atom. The summed E-state index contributed by atoms with van der Waals surface area (Å²) in [6.45, 7) is 1.15. The van der Waals surface area contributed by atoms with Crippen LogP contribution in [0.4, 0.5) is 5.69 Å². The Kier molecular flexibility index (Phi) is 6.89. The third kappa shape index (κ3) is 5.19. The van der Waals surface area contributed by atoms with Crippen LogP contribution in [0.3, 0.4) is 0 Å². The van der Waals surface area contributed by atoms with Crippen LogP contribution in [0.5, 0.6) is 0 Å². The van der Waals surface area contributed by atoms with Crippen molar-refractivity contribution in [2.75, 3.05) is 18.4 Å². The van der Waals surface area contributed by atoms with Gasteiger partial charge < -0.3 is 5.32 Å². The van der Waals surface area contributed by atoms with E-state index in [-0.39, 0.29) is 21.7 Å². The molecular formula is C19H19Cl3N2O3S. The molecule has 1 N–H and O–H groups in total. The van der Waals surface area contributed by atoms with Crippen LogP contribution in [-0.2, 0) is 15.8 Å². The molecule has 2 aromatic carbocycles. The number of benzene rings is 2. The molecule has 1 saturated heterocycles. The highest BCUT2D eigenvalue weighted by atomic mass is 35.5. The predicted octanol–water partition coefficient (Wildman–Crippen LogP) is 5.21. The molecular weight excluding hydrogens is 443 g/mol. The number of amides is 1. The molecule has 1 aliphatic rings. The second-order valence-corrected chi connectivity index (χ2v) is 9.80. The van der Waals surface area contributed by atoms with Crippen LogP contribution in [0, 0.1) is 0 Å². The smallest absolute Gasteiger partial charge is 0.255 e. The van der Waals surface area contributed by atoms with E-state index < -0.39 is 10.0 Å². The molecule has 0 radical (unpaired) electrons. The minimum absolute atomic E-state index is 0.0759. The van der Waals surface area contributed by atoms with Crippen molar-refractivity contribution in [1.29, 1.82) is 0 Å². The van der Waals surface area contributed by atoms with Crippen molar-refractivity contribution in [3.8, 4) is 0 Å². The summed E-state index contributed by atoms with van der Waals surface area (Å²) in [5, 5.41) is 3.52. The van der Waals surface area contributed by atoms with E-state index >= 15 is 0 Å². The summed E-state index contributed by atoms with van der Waals surface area (Å²) in [5.74, 6) is -0.459. The summed E-state index contributed by atoms with van der Waals surface area (Å²) < 4.78 is 26.6. The second kappa shape index (κ2) is 9.01. The number of hydrogen-bond donors (Lipinski definition) is 1. The Morgan fingerprint density at radius 1 is 0.929 bits per heavy atom. The molecule has 0 saturated carbocycles. The third-order valence-corrected chi connectivity index (χ3v) is 7.42. The van der Waals surface area contributed by atoms with Crippen LogP contribution in [0.25, 0.3) is 0 Å².